The average molecular weight is 255 g/mol. The predicted molar refractivity (Wildman–Crippen MR) is 78.5 cm³/mol. The molecule has 0 amide bonds. The Kier molecular flexibility index (Phi) is 3.71. The maximum absolute atomic E-state index is 7.41. The van der Waals surface area contributed by atoms with E-state index < -0.39 is 0 Å². The zero-order valence-corrected chi connectivity index (χ0v) is 11.0. The predicted octanol–water partition coefficient (Wildman–Crippen LogP) is 3.03. The van der Waals surface area contributed by atoms with E-state index in [-0.39, 0.29) is 5.84 Å². The van der Waals surface area contributed by atoms with Gasteiger partial charge in [-0.05, 0) is 55.0 Å². The van der Waals surface area contributed by atoms with Gasteiger partial charge < -0.3 is 15.8 Å². The van der Waals surface area contributed by atoms with Gasteiger partial charge in [0, 0.05) is 16.9 Å². The Bertz CT molecular complexity index is 591. The second-order valence-electron chi connectivity index (χ2n) is 4.30. The lowest BCUT2D eigenvalue weighted by molar-refractivity contribution is 0.415. The highest BCUT2D eigenvalue weighted by atomic mass is 16.5. The number of anilines is 2. The van der Waals surface area contributed by atoms with E-state index in [0.29, 0.717) is 0 Å². The minimum Gasteiger partial charge on any atom is -0.497 e. The van der Waals surface area contributed by atoms with Crippen molar-refractivity contribution in [2.24, 2.45) is 5.73 Å². The molecular weight excluding hydrogens is 238 g/mol. The van der Waals surface area contributed by atoms with Crippen molar-refractivity contribution in [3.63, 3.8) is 0 Å². The number of rotatable bonds is 4. The van der Waals surface area contributed by atoms with Crippen LogP contribution >= 0.6 is 0 Å². The number of aryl methyl sites for hydroxylation is 1. The second-order valence-corrected chi connectivity index (χ2v) is 4.30. The Hall–Kier alpha value is -2.49. The third-order valence-electron chi connectivity index (χ3n) is 2.91. The van der Waals surface area contributed by atoms with Crippen LogP contribution in [-0.4, -0.2) is 12.9 Å². The lowest BCUT2D eigenvalue weighted by atomic mass is 10.1. The van der Waals surface area contributed by atoms with E-state index in [1.807, 2.05) is 49.4 Å². The lowest BCUT2D eigenvalue weighted by Crippen LogP contribution is -2.11. The number of hydrogen-bond donors (Lipinski definition) is 3. The van der Waals surface area contributed by atoms with Gasteiger partial charge in [0.15, 0.2) is 0 Å². The van der Waals surface area contributed by atoms with Crippen molar-refractivity contribution in [2.45, 2.75) is 6.92 Å². The van der Waals surface area contributed by atoms with Crippen molar-refractivity contribution >= 4 is 17.2 Å². The molecule has 0 heterocycles. The molecule has 4 N–H and O–H groups in total. The normalized spacial score (nSPS) is 10.0. The van der Waals surface area contributed by atoms with Gasteiger partial charge in [-0.25, -0.2) is 0 Å². The van der Waals surface area contributed by atoms with Crippen LogP contribution in [0.3, 0.4) is 0 Å². The standard InChI is InChI=1S/C15H17N3O/c1-10-9-11(15(16)17)3-8-14(10)18-12-4-6-13(19-2)7-5-12/h3-9,18H,1-2H3,(H3,16,17). The third kappa shape index (κ3) is 3.04. The number of benzene rings is 2. The van der Waals surface area contributed by atoms with Crippen molar-refractivity contribution < 1.29 is 4.74 Å². The zero-order valence-electron chi connectivity index (χ0n) is 11.0. The van der Waals surface area contributed by atoms with Crippen LogP contribution in [0.25, 0.3) is 0 Å². The van der Waals surface area contributed by atoms with E-state index in [2.05, 4.69) is 5.32 Å². The highest BCUT2D eigenvalue weighted by Crippen LogP contribution is 2.23. The number of methoxy groups -OCH3 is 1. The molecule has 2 aromatic carbocycles. The molecular formula is C15H17N3O. The van der Waals surface area contributed by atoms with Crippen LogP contribution in [0.5, 0.6) is 5.75 Å². The van der Waals surface area contributed by atoms with Gasteiger partial charge in [0.05, 0.1) is 7.11 Å². The average Bonchev–Trinajstić information content (AvgIpc) is 2.41. The molecule has 98 valence electrons. The second kappa shape index (κ2) is 5.44. The molecule has 0 aliphatic rings. The van der Waals surface area contributed by atoms with E-state index in [1.54, 1.807) is 7.11 Å². The molecule has 0 spiro atoms. The summed E-state index contributed by atoms with van der Waals surface area (Å²) in [5, 5.41) is 10.7. The maximum Gasteiger partial charge on any atom is 0.122 e. The summed E-state index contributed by atoms with van der Waals surface area (Å²) in [7, 11) is 1.65. The van der Waals surface area contributed by atoms with Crippen LogP contribution in [0.1, 0.15) is 11.1 Å². The summed E-state index contributed by atoms with van der Waals surface area (Å²) in [5.74, 6) is 0.910. The monoisotopic (exact) mass is 255 g/mol. The molecule has 0 unspecified atom stereocenters. The number of ether oxygens (including phenoxy) is 1. The van der Waals surface area contributed by atoms with Crippen LogP contribution in [0.15, 0.2) is 42.5 Å². The van der Waals surface area contributed by atoms with Crippen LogP contribution in [0, 0.1) is 12.3 Å². The number of hydrogen-bond acceptors (Lipinski definition) is 3. The summed E-state index contributed by atoms with van der Waals surface area (Å²) in [6.45, 7) is 1.98. The van der Waals surface area contributed by atoms with E-state index >= 15 is 0 Å². The van der Waals surface area contributed by atoms with Crippen molar-refractivity contribution in [1.82, 2.24) is 0 Å². The highest BCUT2D eigenvalue weighted by Gasteiger charge is 2.02. The molecule has 0 fully saturated rings. The molecule has 0 aliphatic heterocycles. The van der Waals surface area contributed by atoms with Crippen LogP contribution < -0.4 is 15.8 Å². The molecule has 4 nitrogen and oxygen atoms in total. The smallest absolute Gasteiger partial charge is 0.122 e. The fraction of sp³-hybridized carbons (Fsp3) is 0.133. The van der Waals surface area contributed by atoms with Gasteiger partial charge >= 0.3 is 0 Å². The minimum atomic E-state index is 0.0825. The first kappa shape index (κ1) is 13.0. The van der Waals surface area contributed by atoms with Crippen LogP contribution in [-0.2, 0) is 0 Å². The summed E-state index contributed by atoms with van der Waals surface area (Å²) < 4.78 is 5.12. The number of nitrogen functional groups attached to an aromatic ring is 1. The Morgan fingerprint density at radius 1 is 1.16 bits per heavy atom. The molecule has 19 heavy (non-hydrogen) atoms. The molecule has 0 bridgehead atoms. The van der Waals surface area contributed by atoms with E-state index in [9.17, 15) is 0 Å². The van der Waals surface area contributed by atoms with Gasteiger partial charge in [0.25, 0.3) is 0 Å². The van der Waals surface area contributed by atoms with Gasteiger partial charge in [0.2, 0.25) is 0 Å². The Morgan fingerprint density at radius 2 is 1.84 bits per heavy atom. The summed E-state index contributed by atoms with van der Waals surface area (Å²) in [6.07, 6.45) is 0. The Morgan fingerprint density at radius 3 is 2.37 bits per heavy atom. The van der Waals surface area contributed by atoms with Crippen molar-refractivity contribution in [2.75, 3.05) is 12.4 Å². The quantitative estimate of drug-likeness (QED) is 0.581. The molecule has 0 saturated heterocycles. The number of amidine groups is 1. The number of nitrogens with one attached hydrogen (secondary N) is 2. The first-order chi connectivity index (χ1) is 9.10. The fourth-order valence-corrected chi connectivity index (χ4v) is 1.80. The van der Waals surface area contributed by atoms with Gasteiger partial charge in [-0.15, -0.1) is 0 Å². The molecule has 0 aromatic heterocycles. The van der Waals surface area contributed by atoms with Crippen molar-refractivity contribution in [1.29, 1.82) is 5.41 Å². The topological polar surface area (TPSA) is 71.1 Å². The van der Waals surface area contributed by atoms with Crippen molar-refractivity contribution in [3.05, 3.63) is 53.6 Å². The van der Waals surface area contributed by atoms with E-state index in [1.165, 1.54) is 0 Å². The summed E-state index contributed by atoms with van der Waals surface area (Å²) in [4.78, 5) is 0. The minimum absolute atomic E-state index is 0.0825. The molecule has 0 aliphatic carbocycles. The van der Waals surface area contributed by atoms with Gasteiger partial charge in [-0.1, -0.05) is 0 Å². The van der Waals surface area contributed by atoms with Crippen LogP contribution in [0.4, 0.5) is 11.4 Å². The summed E-state index contributed by atoms with van der Waals surface area (Å²) >= 11 is 0. The van der Waals surface area contributed by atoms with E-state index in [0.717, 1.165) is 28.3 Å². The summed E-state index contributed by atoms with van der Waals surface area (Å²) in [6, 6.07) is 13.4. The molecule has 2 aromatic rings. The zero-order chi connectivity index (χ0) is 13.8. The van der Waals surface area contributed by atoms with Gasteiger partial charge in [-0.2, -0.15) is 0 Å². The van der Waals surface area contributed by atoms with Crippen LogP contribution in [0.2, 0.25) is 0 Å². The molecule has 0 radical (unpaired) electrons. The largest absolute Gasteiger partial charge is 0.497 e. The van der Waals surface area contributed by atoms with E-state index in [4.69, 9.17) is 15.9 Å². The first-order valence-electron chi connectivity index (χ1n) is 5.96. The SMILES string of the molecule is COc1ccc(Nc2ccc(C(=N)N)cc2C)cc1. The third-order valence-corrected chi connectivity index (χ3v) is 2.91. The van der Waals surface area contributed by atoms with Gasteiger partial charge in [0.1, 0.15) is 11.6 Å². The number of nitrogens with two attached hydrogens (primary N) is 1. The molecule has 0 saturated carbocycles. The fourth-order valence-electron chi connectivity index (χ4n) is 1.80. The Labute approximate surface area is 112 Å². The van der Waals surface area contributed by atoms with Crippen molar-refractivity contribution in [3.8, 4) is 5.75 Å². The first-order valence-corrected chi connectivity index (χ1v) is 5.96. The molecule has 4 heteroatoms. The summed E-state index contributed by atoms with van der Waals surface area (Å²) in [5.41, 5.74) is 9.23. The van der Waals surface area contributed by atoms with Gasteiger partial charge in [-0.3, -0.25) is 5.41 Å². The lowest BCUT2D eigenvalue weighted by Gasteiger charge is -2.11. The Balaban J connectivity index is 2.20. The molecule has 0 atom stereocenters. The maximum atomic E-state index is 7.41. The molecule has 2 rings (SSSR count). The highest BCUT2D eigenvalue weighted by molar-refractivity contribution is 5.95.